The van der Waals surface area contributed by atoms with Gasteiger partial charge in [0.2, 0.25) is 5.91 Å². The minimum absolute atomic E-state index is 0.0172. The lowest BCUT2D eigenvalue weighted by Gasteiger charge is -2.36. The highest BCUT2D eigenvalue weighted by Crippen LogP contribution is 2.36. The molecule has 6 heteroatoms. The summed E-state index contributed by atoms with van der Waals surface area (Å²) in [6.45, 7) is 2.32. The topological polar surface area (TPSA) is 52.7 Å². The molecular formula is C25H35N3O2S. The zero-order chi connectivity index (χ0) is 21.8. The second kappa shape index (κ2) is 10.1. The number of likely N-dealkylation sites (tertiary alicyclic amines) is 1. The maximum Gasteiger partial charge on any atom is 0.261 e. The number of carbonyl (C=O) groups is 2. The SMILES string of the molecule is CN(C)CCNC(=O)c1sc2ccccc2c1CC1CCCCCN1C(=O)C1CCC1. The third-order valence-corrected chi connectivity index (χ3v) is 8.02. The highest BCUT2D eigenvalue weighted by molar-refractivity contribution is 7.21. The van der Waals surface area contributed by atoms with E-state index in [1.807, 2.05) is 20.2 Å². The summed E-state index contributed by atoms with van der Waals surface area (Å²) in [6.07, 6.45) is 8.52. The van der Waals surface area contributed by atoms with Gasteiger partial charge >= 0.3 is 0 Å². The highest BCUT2D eigenvalue weighted by atomic mass is 32.1. The van der Waals surface area contributed by atoms with Crippen LogP contribution < -0.4 is 5.32 Å². The van der Waals surface area contributed by atoms with Gasteiger partial charge in [-0.15, -0.1) is 11.3 Å². The van der Waals surface area contributed by atoms with Crippen LogP contribution in [-0.4, -0.2) is 61.4 Å². The van der Waals surface area contributed by atoms with Gasteiger partial charge in [0.1, 0.15) is 0 Å². The lowest BCUT2D eigenvalue weighted by molar-refractivity contribution is -0.140. The van der Waals surface area contributed by atoms with E-state index in [0.29, 0.717) is 12.5 Å². The second-order valence-electron chi connectivity index (χ2n) is 9.33. The molecule has 1 aliphatic heterocycles. The Morgan fingerprint density at radius 2 is 1.90 bits per heavy atom. The van der Waals surface area contributed by atoms with E-state index in [-0.39, 0.29) is 17.9 Å². The van der Waals surface area contributed by atoms with Crippen molar-refractivity contribution < 1.29 is 9.59 Å². The molecular weight excluding hydrogens is 406 g/mol. The van der Waals surface area contributed by atoms with E-state index in [2.05, 4.69) is 33.3 Å². The van der Waals surface area contributed by atoms with E-state index in [9.17, 15) is 9.59 Å². The van der Waals surface area contributed by atoms with Crippen molar-refractivity contribution >= 4 is 33.2 Å². The fourth-order valence-electron chi connectivity index (χ4n) is 4.76. The summed E-state index contributed by atoms with van der Waals surface area (Å²) in [4.78, 5) is 31.4. The molecule has 1 aromatic carbocycles. The van der Waals surface area contributed by atoms with Crippen molar-refractivity contribution in [3.8, 4) is 0 Å². The summed E-state index contributed by atoms with van der Waals surface area (Å²) >= 11 is 1.59. The summed E-state index contributed by atoms with van der Waals surface area (Å²) < 4.78 is 1.15. The molecule has 168 valence electrons. The van der Waals surface area contributed by atoms with Gasteiger partial charge in [-0.25, -0.2) is 0 Å². The van der Waals surface area contributed by atoms with Gasteiger partial charge in [-0.3, -0.25) is 9.59 Å². The van der Waals surface area contributed by atoms with Crippen LogP contribution in [0.3, 0.4) is 0 Å². The molecule has 1 aliphatic carbocycles. The number of nitrogens with zero attached hydrogens (tertiary/aromatic N) is 2. The first-order valence-corrected chi connectivity index (χ1v) is 12.6. The Labute approximate surface area is 189 Å². The van der Waals surface area contributed by atoms with Crippen molar-refractivity contribution in [1.82, 2.24) is 15.1 Å². The first-order chi connectivity index (χ1) is 15.0. The number of fused-ring (bicyclic) bond motifs is 1. The molecule has 5 nitrogen and oxygen atoms in total. The van der Waals surface area contributed by atoms with Gasteiger partial charge in [-0.1, -0.05) is 37.5 Å². The highest BCUT2D eigenvalue weighted by Gasteiger charge is 2.34. The third kappa shape index (κ3) is 5.12. The largest absolute Gasteiger partial charge is 0.350 e. The van der Waals surface area contributed by atoms with Crippen molar-refractivity contribution in [1.29, 1.82) is 0 Å². The van der Waals surface area contributed by atoms with Crippen molar-refractivity contribution in [2.75, 3.05) is 33.7 Å². The molecule has 2 aromatic rings. The first-order valence-electron chi connectivity index (χ1n) is 11.8. The lowest BCUT2D eigenvalue weighted by atomic mass is 9.83. The molecule has 1 saturated carbocycles. The normalized spacial score (nSPS) is 20.0. The summed E-state index contributed by atoms with van der Waals surface area (Å²) in [5.41, 5.74) is 1.13. The number of likely N-dealkylation sites (N-methyl/N-ethyl adjacent to an activating group) is 1. The standard InChI is InChI=1S/C25H35N3O2S/c1-27(2)16-14-26-24(29)23-21(20-12-5-6-13-22(20)31-23)17-19-11-4-3-7-15-28(19)25(30)18-9-8-10-18/h5-6,12-13,18-19H,3-4,7-11,14-17H2,1-2H3,(H,26,29). The number of rotatable bonds is 7. The quantitative estimate of drug-likeness (QED) is 0.697. The van der Waals surface area contributed by atoms with E-state index in [1.54, 1.807) is 11.3 Å². The molecule has 1 N–H and O–H groups in total. The number of hydrogen-bond donors (Lipinski definition) is 1. The zero-order valence-corrected chi connectivity index (χ0v) is 19.7. The molecule has 2 heterocycles. The van der Waals surface area contributed by atoms with Crippen LogP contribution in [0.1, 0.15) is 60.2 Å². The van der Waals surface area contributed by atoms with E-state index < -0.39 is 0 Å². The minimum Gasteiger partial charge on any atom is -0.350 e. The van der Waals surface area contributed by atoms with Crippen LogP contribution in [0.15, 0.2) is 24.3 Å². The number of nitrogens with one attached hydrogen (secondary N) is 1. The van der Waals surface area contributed by atoms with Crippen LogP contribution >= 0.6 is 11.3 Å². The lowest BCUT2D eigenvalue weighted by Crippen LogP contribution is -2.46. The zero-order valence-electron chi connectivity index (χ0n) is 18.9. The Morgan fingerprint density at radius 1 is 1.10 bits per heavy atom. The molecule has 1 saturated heterocycles. The number of thiophene rings is 1. The summed E-state index contributed by atoms with van der Waals surface area (Å²) in [6, 6.07) is 8.52. The molecule has 1 unspecified atom stereocenters. The first kappa shape index (κ1) is 22.3. The Hall–Kier alpha value is -1.92. The van der Waals surface area contributed by atoms with Gasteiger partial charge < -0.3 is 15.1 Å². The fourth-order valence-corrected chi connectivity index (χ4v) is 5.91. The summed E-state index contributed by atoms with van der Waals surface area (Å²) in [5, 5.41) is 4.27. The molecule has 2 aliphatic rings. The Balaban J connectivity index is 1.60. The summed E-state index contributed by atoms with van der Waals surface area (Å²) in [5.74, 6) is 0.604. The molecule has 0 bridgehead atoms. The minimum atomic E-state index is 0.0172. The van der Waals surface area contributed by atoms with Crippen molar-refractivity contribution in [3.05, 3.63) is 34.7 Å². The number of carbonyl (C=O) groups excluding carboxylic acids is 2. The maximum absolute atomic E-state index is 13.2. The van der Waals surface area contributed by atoms with Crippen molar-refractivity contribution in [2.24, 2.45) is 5.92 Å². The molecule has 1 aromatic heterocycles. The van der Waals surface area contributed by atoms with E-state index >= 15 is 0 Å². The van der Waals surface area contributed by atoms with Crippen LogP contribution in [0.2, 0.25) is 0 Å². The van der Waals surface area contributed by atoms with Gasteiger partial charge in [0.25, 0.3) is 5.91 Å². The van der Waals surface area contributed by atoms with Crippen LogP contribution in [-0.2, 0) is 11.2 Å². The average Bonchev–Trinajstić information content (AvgIpc) is 2.90. The van der Waals surface area contributed by atoms with E-state index in [0.717, 1.165) is 66.8 Å². The third-order valence-electron chi connectivity index (χ3n) is 6.80. The molecule has 0 spiro atoms. The molecule has 0 radical (unpaired) electrons. The van der Waals surface area contributed by atoms with Crippen molar-refractivity contribution in [2.45, 2.75) is 57.4 Å². The predicted octanol–water partition coefficient (Wildman–Crippen LogP) is 4.31. The van der Waals surface area contributed by atoms with Gasteiger partial charge in [-0.2, -0.15) is 0 Å². The number of hydrogen-bond acceptors (Lipinski definition) is 4. The molecule has 2 amide bonds. The molecule has 1 atom stereocenters. The predicted molar refractivity (Wildman–Crippen MR) is 128 cm³/mol. The molecule has 2 fully saturated rings. The monoisotopic (exact) mass is 441 g/mol. The Morgan fingerprint density at radius 3 is 2.65 bits per heavy atom. The number of benzene rings is 1. The number of amides is 2. The van der Waals surface area contributed by atoms with Gasteiger partial charge in [-0.05, 0) is 63.2 Å². The van der Waals surface area contributed by atoms with Crippen LogP contribution in [0.25, 0.3) is 10.1 Å². The van der Waals surface area contributed by atoms with Gasteiger partial charge in [0.15, 0.2) is 0 Å². The molecule has 31 heavy (non-hydrogen) atoms. The van der Waals surface area contributed by atoms with Gasteiger partial charge in [0, 0.05) is 36.3 Å². The van der Waals surface area contributed by atoms with Crippen molar-refractivity contribution in [3.63, 3.8) is 0 Å². The fraction of sp³-hybridized carbons (Fsp3) is 0.600. The van der Waals surface area contributed by atoms with Crippen LogP contribution in [0.5, 0.6) is 0 Å². The Kier molecular flexibility index (Phi) is 7.28. The Bertz CT molecular complexity index is 919. The maximum atomic E-state index is 13.2. The van der Waals surface area contributed by atoms with E-state index in [1.165, 1.54) is 18.2 Å². The van der Waals surface area contributed by atoms with E-state index in [4.69, 9.17) is 0 Å². The molecule has 4 rings (SSSR count). The van der Waals surface area contributed by atoms with Gasteiger partial charge in [0.05, 0.1) is 4.88 Å². The average molecular weight is 442 g/mol. The van der Waals surface area contributed by atoms with Crippen LogP contribution in [0.4, 0.5) is 0 Å². The smallest absolute Gasteiger partial charge is 0.261 e. The summed E-state index contributed by atoms with van der Waals surface area (Å²) in [7, 11) is 4.02. The van der Waals surface area contributed by atoms with Crippen LogP contribution in [0, 0.1) is 5.92 Å². The second-order valence-corrected chi connectivity index (χ2v) is 10.4.